The van der Waals surface area contributed by atoms with Crippen LogP contribution in [0.15, 0.2) is 24.5 Å². The molecule has 1 aromatic rings. The summed E-state index contributed by atoms with van der Waals surface area (Å²) in [7, 11) is 1.72. The Kier molecular flexibility index (Phi) is 14.3. The van der Waals surface area contributed by atoms with Gasteiger partial charge in [-0.3, -0.25) is 14.6 Å². The summed E-state index contributed by atoms with van der Waals surface area (Å²) < 4.78 is 26.9. The minimum Gasteiger partial charge on any atom is -0.378 e. The van der Waals surface area contributed by atoms with Crippen LogP contribution in [0.5, 0.6) is 0 Å². The molecule has 34 heavy (non-hydrogen) atoms. The minimum atomic E-state index is -0.445. The Balaban J connectivity index is 1.44. The standard InChI is InChI=1S/C23H38N4O7/c1-27-21(28)17-20(22(27)19-3-2-5-25-18-19)23(29)26-6-8-31-10-12-33-14-16-34-15-13-32-11-9-30-7-4-24/h2-3,5,18,20,22H,4,6-17,24H2,1H3,(H,26,29)/t20-,22+/m0/s1. The molecule has 0 radical (unpaired) electrons. The van der Waals surface area contributed by atoms with E-state index in [9.17, 15) is 9.59 Å². The maximum absolute atomic E-state index is 12.7. The molecule has 1 fully saturated rings. The normalized spacial score (nSPS) is 17.9. The maximum atomic E-state index is 12.7. The summed E-state index contributed by atoms with van der Waals surface area (Å²) in [5.74, 6) is -0.651. The average Bonchev–Trinajstić information content (AvgIpc) is 3.15. The molecule has 1 saturated heterocycles. The van der Waals surface area contributed by atoms with Crippen molar-refractivity contribution in [2.24, 2.45) is 11.7 Å². The Labute approximate surface area is 201 Å². The Morgan fingerprint density at radius 1 is 1.00 bits per heavy atom. The molecule has 2 heterocycles. The second kappa shape index (κ2) is 17.3. The highest BCUT2D eigenvalue weighted by atomic mass is 16.6. The van der Waals surface area contributed by atoms with Crippen molar-refractivity contribution in [3.05, 3.63) is 30.1 Å². The van der Waals surface area contributed by atoms with Gasteiger partial charge in [-0.1, -0.05) is 6.07 Å². The molecule has 1 aromatic heterocycles. The number of hydrogen-bond acceptors (Lipinski definition) is 9. The fourth-order valence-corrected chi connectivity index (χ4v) is 3.55. The molecule has 0 unspecified atom stereocenters. The molecular weight excluding hydrogens is 444 g/mol. The molecule has 11 heteroatoms. The summed E-state index contributed by atoms with van der Waals surface area (Å²) >= 11 is 0. The zero-order chi connectivity index (χ0) is 24.4. The number of hydrogen-bond donors (Lipinski definition) is 2. The van der Waals surface area contributed by atoms with E-state index in [0.29, 0.717) is 79.2 Å². The number of likely N-dealkylation sites (tertiary alicyclic amines) is 1. The van der Waals surface area contributed by atoms with Gasteiger partial charge in [-0.25, -0.2) is 0 Å². The van der Waals surface area contributed by atoms with Gasteiger partial charge in [0.2, 0.25) is 11.8 Å². The monoisotopic (exact) mass is 482 g/mol. The van der Waals surface area contributed by atoms with E-state index in [4.69, 9.17) is 29.4 Å². The summed E-state index contributed by atoms with van der Waals surface area (Å²) in [6.45, 7) is 5.68. The summed E-state index contributed by atoms with van der Waals surface area (Å²) in [6, 6.07) is 3.39. The van der Waals surface area contributed by atoms with Crippen molar-refractivity contribution in [1.29, 1.82) is 0 Å². The molecule has 3 N–H and O–H groups in total. The number of amides is 2. The van der Waals surface area contributed by atoms with Crippen LogP contribution in [0.25, 0.3) is 0 Å². The van der Waals surface area contributed by atoms with Crippen molar-refractivity contribution in [2.45, 2.75) is 12.5 Å². The fourth-order valence-electron chi connectivity index (χ4n) is 3.55. The molecule has 1 aliphatic rings. The number of rotatable bonds is 19. The van der Waals surface area contributed by atoms with Crippen LogP contribution in [-0.4, -0.2) is 108 Å². The third-order valence-electron chi connectivity index (χ3n) is 5.24. The molecule has 0 spiro atoms. The van der Waals surface area contributed by atoms with Crippen molar-refractivity contribution in [3.8, 4) is 0 Å². The zero-order valence-corrected chi connectivity index (χ0v) is 20.0. The molecule has 11 nitrogen and oxygen atoms in total. The summed E-state index contributed by atoms with van der Waals surface area (Å²) in [5.41, 5.74) is 6.17. The van der Waals surface area contributed by atoms with Gasteiger partial charge in [0.15, 0.2) is 0 Å². The van der Waals surface area contributed by atoms with Gasteiger partial charge in [0, 0.05) is 39.0 Å². The molecule has 0 saturated carbocycles. The van der Waals surface area contributed by atoms with E-state index in [1.807, 2.05) is 6.07 Å². The summed E-state index contributed by atoms with van der Waals surface area (Å²) in [6.07, 6.45) is 3.56. The number of carbonyl (C=O) groups is 2. The van der Waals surface area contributed by atoms with Crippen LogP contribution in [0, 0.1) is 5.92 Å². The number of nitrogens with zero attached hydrogens (tertiary/aromatic N) is 2. The number of aromatic nitrogens is 1. The lowest BCUT2D eigenvalue weighted by Crippen LogP contribution is -2.36. The van der Waals surface area contributed by atoms with E-state index in [0.717, 1.165) is 5.56 Å². The first kappa shape index (κ1) is 28.1. The molecule has 192 valence electrons. The number of nitrogens with one attached hydrogen (secondary N) is 1. The van der Waals surface area contributed by atoms with Crippen molar-refractivity contribution < 1.29 is 33.3 Å². The van der Waals surface area contributed by atoms with Crippen molar-refractivity contribution in [3.63, 3.8) is 0 Å². The molecular formula is C23H38N4O7. The molecule has 1 aliphatic heterocycles. The van der Waals surface area contributed by atoms with Crippen LogP contribution in [0.1, 0.15) is 18.0 Å². The van der Waals surface area contributed by atoms with E-state index >= 15 is 0 Å². The molecule has 2 amide bonds. The zero-order valence-electron chi connectivity index (χ0n) is 20.0. The molecule has 2 atom stereocenters. The van der Waals surface area contributed by atoms with Crippen LogP contribution in [-0.2, 0) is 33.3 Å². The third kappa shape index (κ3) is 10.4. The quantitative estimate of drug-likeness (QED) is 0.256. The number of pyridine rings is 1. The molecule has 0 bridgehead atoms. The van der Waals surface area contributed by atoms with Crippen LogP contribution < -0.4 is 11.1 Å². The topological polar surface area (TPSA) is 134 Å². The second-order valence-corrected chi connectivity index (χ2v) is 7.69. The minimum absolute atomic E-state index is 0.0492. The third-order valence-corrected chi connectivity index (χ3v) is 5.24. The Morgan fingerprint density at radius 2 is 1.56 bits per heavy atom. The van der Waals surface area contributed by atoms with Gasteiger partial charge < -0.3 is 39.6 Å². The van der Waals surface area contributed by atoms with Gasteiger partial charge in [-0.15, -0.1) is 0 Å². The first-order chi connectivity index (χ1) is 16.6. The lowest BCUT2D eigenvalue weighted by atomic mass is 9.94. The van der Waals surface area contributed by atoms with Crippen LogP contribution in [0.4, 0.5) is 0 Å². The number of nitrogens with two attached hydrogens (primary N) is 1. The van der Waals surface area contributed by atoms with Gasteiger partial charge in [0.25, 0.3) is 0 Å². The van der Waals surface area contributed by atoms with E-state index in [2.05, 4.69) is 10.3 Å². The largest absolute Gasteiger partial charge is 0.378 e. The highest BCUT2D eigenvalue weighted by Gasteiger charge is 2.42. The maximum Gasteiger partial charge on any atom is 0.226 e. The van der Waals surface area contributed by atoms with Crippen molar-refractivity contribution in [2.75, 3.05) is 86.2 Å². The van der Waals surface area contributed by atoms with E-state index in [1.54, 1.807) is 30.4 Å². The van der Waals surface area contributed by atoms with Crippen LogP contribution in [0.2, 0.25) is 0 Å². The van der Waals surface area contributed by atoms with Gasteiger partial charge in [-0.2, -0.15) is 0 Å². The summed E-state index contributed by atoms with van der Waals surface area (Å²) in [4.78, 5) is 30.6. The highest BCUT2D eigenvalue weighted by molar-refractivity contribution is 5.90. The Bertz CT molecular complexity index is 695. The SMILES string of the molecule is CN1C(=O)C[C@H](C(=O)NCCOCCOCCOCCOCCOCCN)[C@H]1c1cccnc1. The fraction of sp³-hybridized carbons (Fsp3) is 0.696. The molecule has 2 rings (SSSR count). The van der Waals surface area contributed by atoms with Gasteiger partial charge >= 0.3 is 0 Å². The van der Waals surface area contributed by atoms with E-state index < -0.39 is 5.92 Å². The predicted octanol–water partition coefficient (Wildman–Crippen LogP) is -0.241. The van der Waals surface area contributed by atoms with Crippen molar-refractivity contribution >= 4 is 11.8 Å². The van der Waals surface area contributed by atoms with Gasteiger partial charge in [0.1, 0.15) is 0 Å². The van der Waals surface area contributed by atoms with Crippen LogP contribution >= 0.6 is 0 Å². The van der Waals surface area contributed by atoms with Crippen LogP contribution in [0.3, 0.4) is 0 Å². The summed E-state index contributed by atoms with van der Waals surface area (Å²) in [5, 5.41) is 2.87. The highest BCUT2D eigenvalue weighted by Crippen LogP contribution is 2.36. The lowest BCUT2D eigenvalue weighted by Gasteiger charge is -2.24. The van der Waals surface area contributed by atoms with Gasteiger partial charge in [-0.05, 0) is 11.6 Å². The molecule has 0 aromatic carbocycles. The Hall–Kier alpha value is -2.15. The van der Waals surface area contributed by atoms with Crippen molar-refractivity contribution in [1.82, 2.24) is 15.2 Å². The second-order valence-electron chi connectivity index (χ2n) is 7.69. The first-order valence-corrected chi connectivity index (χ1v) is 11.7. The smallest absolute Gasteiger partial charge is 0.226 e. The number of carbonyl (C=O) groups excluding carboxylic acids is 2. The van der Waals surface area contributed by atoms with Gasteiger partial charge in [0.05, 0.1) is 78.0 Å². The van der Waals surface area contributed by atoms with E-state index in [-0.39, 0.29) is 24.3 Å². The number of ether oxygens (including phenoxy) is 5. The predicted molar refractivity (Wildman–Crippen MR) is 124 cm³/mol. The molecule has 0 aliphatic carbocycles. The first-order valence-electron chi connectivity index (χ1n) is 11.7. The average molecular weight is 483 g/mol. The lowest BCUT2D eigenvalue weighted by molar-refractivity contribution is -0.128. The van der Waals surface area contributed by atoms with E-state index in [1.165, 1.54) is 0 Å². The Morgan fingerprint density at radius 3 is 2.09 bits per heavy atom.